The average molecular weight is 452 g/mol. The van der Waals surface area contributed by atoms with Crippen LogP contribution in [-0.4, -0.2) is 44.6 Å². The number of nitrogens with two attached hydrogens (primary N) is 1. The third-order valence-corrected chi connectivity index (χ3v) is 6.54. The molecule has 1 aliphatic heterocycles. The van der Waals surface area contributed by atoms with Crippen molar-refractivity contribution in [1.29, 1.82) is 0 Å². The summed E-state index contributed by atoms with van der Waals surface area (Å²) in [5.74, 6) is -2.10. The number of thiazole rings is 1. The van der Waals surface area contributed by atoms with E-state index < -0.39 is 24.0 Å². The van der Waals surface area contributed by atoms with Crippen LogP contribution in [0.25, 0.3) is 0 Å². The SMILES string of the molecule is Nc1ncc(CC[C@H]2C(=O)N(CN([O-])C(c3ccccc3)c3ccccc3)[C@@H]2C(=O)O)s1. The fourth-order valence-corrected chi connectivity index (χ4v) is 4.83. The van der Waals surface area contributed by atoms with E-state index in [0.717, 1.165) is 26.0 Å². The molecule has 0 bridgehead atoms. The Labute approximate surface area is 189 Å². The molecule has 3 aromatic rings. The minimum absolute atomic E-state index is 0.324. The Hall–Kier alpha value is -3.27. The first kappa shape index (κ1) is 21.9. The lowest BCUT2D eigenvalue weighted by molar-refractivity contribution is -0.174. The third kappa shape index (κ3) is 4.50. The van der Waals surface area contributed by atoms with Gasteiger partial charge in [-0.3, -0.25) is 4.79 Å². The van der Waals surface area contributed by atoms with Gasteiger partial charge in [-0.2, -0.15) is 0 Å². The van der Waals surface area contributed by atoms with Gasteiger partial charge >= 0.3 is 5.97 Å². The van der Waals surface area contributed by atoms with Crippen LogP contribution < -0.4 is 5.73 Å². The number of carbonyl (C=O) groups excluding carboxylic acids is 1. The molecule has 1 amide bonds. The van der Waals surface area contributed by atoms with Crippen molar-refractivity contribution in [3.63, 3.8) is 0 Å². The van der Waals surface area contributed by atoms with Crippen LogP contribution in [0.4, 0.5) is 5.13 Å². The van der Waals surface area contributed by atoms with Gasteiger partial charge in [0.1, 0.15) is 6.04 Å². The van der Waals surface area contributed by atoms with Crippen LogP contribution in [0.2, 0.25) is 0 Å². The minimum Gasteiger partial charge on any atom is -0.783 e. The van der Waals surface area contributed by atoms with Crippen molar-refractivity contribution in [1.82, 2.24) is 14.9 Å². The molecule has 0 aliphatic carbocycles. The number of carboxylic acid groups (broad SMARTS) is 1. The highest BCUT2D eigenvalue weighted by Gasteiger charge is 2.51. The van der Waals surface area contributed by atoms with Crippen LogP contribution in [-0.2, 0) is 16.0 Å². The van der Waals surface area contributed by atoms with Crippen molar-refractivity contribution >= 4 is 28.3 Å². The Morgan fingerprint density at radius 3 is 2.25 bits per heavy atom. The number of rotatable bonds is 9. The van der Waals surface area contributed by atoms with Crippen molar-refractivity contribution in [2.75, 3.05) is 12.4 Å². The van der Waals surface area contributed by atoms with Crippen LogP contribution >= 0.6 is 11.3 Å². The lowest BCUT2D eigenvalue weighted by atomic mass is 9.83. The van der Waals surface area contributed by atoms with Gasteiger partial charge in [0.25, 0.3) is 0 Å². The summed E-state index contributed by atoms with van der Waals surface area (Å²) in [6.45, 7) is -0.325. The number of benzene rings is 2. The Kier molecular flexibility index (Phi) is 6.50. The van der Waals surface area contributed by atoms with Gasteiger partial charge < -0.3 is 26.0 Å². The molecule has 2 heterocycles. The number of hydroxylamine groups is 2. The zero-order valence-corrected chi connectivity index (χ0v) is 18.0. The molecule has 8 nitrogen and oxygen atoms in total. The number of anilines is 1. The first-order valence-corrected chi connectivity index (χ1v) is 11.0. The summed E-state index contributed by atoms with van der Waals surface area (Å²) in [7, 11) is 0. The Morgan fingerprint density at radius 1 is 1.16 bits per heavy atom. The summed E-state index contributed by atoms with van der Waals surface area (Å²) in [5.41, 5.74) is 7.18. The lowest BCUT2D eigenvalue weighted by Gasteiger charge is -2.50. The zero-order chi connectivity index (χ0) is 22.7. The van der Waals surface area contributed by atoms with Crippen LogP contribution in [0.5, 0.6) is 0 Å². The molecular weight excluding hydrogens is 428 g/mol. The van der Waals surface area contributed by atoms with Crippen LogP contribution in [0, 0.1) is 11.1 Å². The highest BCUT2D eigenvalue weighted by atomic mass is 32.1. The molecule has 2 atom stereocenters. The Morgan fingerprint density at radius 2 is 1.75 bits per heavy atom. The van der Waals surface area contributed by atoms with Crippen LogP contribution in [0.15, 0.2) is 66.9 Å². The largest absolute Gasteiger partial charge is 0.783 e. The number of hydrogen-bond donors (Lipinski definition) is 2. The van der Waals surface area contributed by atoms with E-state index in [1.54, 1.807) is 6.20 Å². The number of likely N-dealkylation sites (tertiary alicyclic amines) is 1. The normalized spacial score (nSPS) is 18.2. The standard InChI is InChI=1S/C23H23N4O4S/c24-23-25-13-17(32-23)11-12-18-20(22(29)30)26(21(18)28)14-27(31)19(15-7-3-1-4-8-15)16-9-5-2-6-10-16/h1-10,13,18-20H,11-12,14H2,(H2,24,25)(H,29,30)/q-1/t18-,20+/m1/s1. The maximum Gasteiger partial charge on any atom is 0.327 e. The lowest BCUT2D eigenvalue weighted by Crippen LogP contribution is -2.66. The molecule has 9 heteroatoms. The number of hydrogen-bond acceptors (Lipinski definition) is 7. The molecule has 4 rings (SSSR count). The maximum atomic E-state index is 13.3. The van der Waals surface area contributed by atoms with Gasteiger partial charge in [0.05, 0.1) is 18.6 Å². The fraction of sp³-hybridized carbons (Fsp3) is 0.261. The molecule has 2 aromatic carbocycles. The molecule has 1 aliphatic rings. The van der Waals surface area contributed by atoms with Gasteiger partial charge in [-0.05, 0) is 24.0 Å². The van der Waals surface area contributed by atoms with Crippen molar-refractivity contribution in [3.8, 4) is 0 Å². The molecule has 1 saturated heterocycles. The molecule has 166 valence electrons. The van der Waals surface area contributed by atoms with E-state index in [4.69, 9.17) is 5.73 Å². The predicted octanol–water partition coefficient (Wildman–Crippen LogP) is 3.12. The smallest absolute Gasteiger partial charge is 0.327 e. The average Bonchev–Trinajstić information content (AvgIpc) is 3.21. The second-order valence-electron chi connectivity index (χ2n) is 7.68. The number of aryl methyl sites for hydroxylation is 1. The highest BCUT2D eigenvalue weighted by molar-refractivity contribution is 7.15. The molecule has 1 fully saturated rings. The predicted molar refractivity (Wildman–Crippen MR) is 121 cm³/mol. The highest BCUT2D eigenvalue weighted by Crippen LogP contribution is 2.35. The zero-order valence-electron chi connectivity index (χ0n) is 17.2. The van der Waals surface area contributed by atoms with Gasteiger partial charge in [-0.15, -0.1) is 11.3 Å². The summed E-state index contributed by atoms with van der Waals surface area (Å²) in [4.78, 5) is 30.7. The first-order valence-electron chi connectivity index (χ1n) is 10.2. The van der Waals surface area contributed by atoms with E-state index in [1.165, 1.54) is 11.3 Å². The first-order chi connectivity index (χ1) is 15.5. The van der Waals surface area contributed by atoms with Gasteiger partial charge in [0.15, 0.2) is 5.13 Å². The summed E-state index contributed by atoms with van der Waals surface area (Å²) in [6, 6.07) is 16.8. The molecule has 0 saturated carbocycles. The molecule has 0 radical (unpaired) electrons. The number of β-lactam (4-membered cyclic amide) rings is 1. The van der Waals surface area contributed by atoms with Gasteiger partial charge in [0, 0.05) is 11.1 Å². The summed E-state index contributed by atoms with van der Waals surface area (Å²) in [5, 5.41) is 24.2. The maximum absolute atomic E-state index is 13.3. The van der Waals surface area contributed by atoms with E-state index in [-0.39, 0.29) is 12.6 Å². The number of aliphatic carboxylic acids is 1. The second-order valence-corrected chi connectivity index (χ2v) is 8.83. The monoisotopic (exact) mass is 451 g/mol. The van der Waals surface area contributed by atoms with Gasteiger partial charge in [0.2, 0.25) is 5.91 Å². The molecule has 0 spiro atoms. The topological polar surface area (TPSA) is 123 Å². The number of carboxylic acids is 1. The number of aromatic nitrogens is 1. The van der Waals surface area contributed by atoms with Gasteiger partial charge in [-0.25, -0.2) is 9.78 Å². The van der Waals surface area contributed by atoms with E-state index in [9.17, 15) is 19.9 Å². The molecule has 1 aromatic heterocycles. The van der Waals surface area contributed by atoms with Gasteiger partial charge in [-0.1, -0.05) is 60.7 Å². The van der Waals surface area contributed by atoms with E-state index in [1.807, 2.05) is 60.7 Å². The second kappa shape index (κ2) is 9.47. The molecule has 32 heavy (non-hydrogen) atoms. The van der Waals surface area contributed by atoms with Crippen LogP contribution in [0.1, 0.15) is 28.5 Å². The van der Waals surface area contributed by atoms with E-state index in [0.29, 0.717) is 18.0 Å². The van der Waals surface area contributed by atoms with Crippen molar-refractivity contribution in [2.24, 2.45) is 5.92 Å². The minimum atomic E-state index is -1.11. The third-order valence-electron chi connectivity index (χ3n) is 5.65. The fourth-order valence-electron chi connectivity index (χ4n) is 4.13. The summed E-state index contributed by atoms with van der Waals surface area (Å²) in [6.07, 6.45) is 2.52. The quantitative estimate of drug-likeness (QED) is 0.378. The Balaban J connectivity index is 1.49. The Bertz CT molecular complexity index is 1040. The van der Waals surface area contributed by atoms with E-state index in [2.05, 4.69) is 4.98 Å². The van der Waals surface area contributed by atoms with Crippen molar-refractivity contribution in [2.45, 2.75) is 24.9 Å². The molecule has 3 N–H and O–H groups in total. The molecule has 0 unspecified atom stereocenters. The van der Waals surface area contributed by atoms with Crippen molar-refractivity contribution < 1.29 is 14.7 Å². The number of nitrogens with zero attached hydrogens (tertiary/aromatic N) is 3. The van der Waals surface area contributed by atoms with Crippen LogP contribution in [0.3, 0.4) is 0 Å². The number of nitrogen functional groups attached to an aromatic ring is 1. The van der Waals surface area contributed by atoms with Crippen molar-refractivity contribution in [3.05, 3.63) is 88.1 Å². The number of amides is 1. The summed E-state index contributed by atoms with van der Waals surface area (Å²) >= 11 is 1.32. The molecular formula is C23H23N4O4S-. The summed E-state index contributed by atoms with van der Waals surface area (Å²) < 4.78 is 0. The van der Waals surface area contributed by atoms with E-state index >= 15 is 0 Å². The number of carbonyl (C=O) groups is 2.